The van der Waals surface area contributed by atoms with Gasteiger partial charge in [0.1, 0.15) is 5.69 Å². The second-order valence-electron chi connectivity index (χ2n) is 3.14. The summed E-state index contributed by atoms with van der Waals surface area (Å²) in [7, 11) is 1.82. The number of rotatable bonds is 4. The van der Waals surface area contributed by atoms with Gasteiger partial charge in [-0.3, -0.25) is 4.79 Å². The highest BCUT2D eigenvalue weighted by atomic mass is 35.5. The third kappa shape index (κ3) is 3.03. The second-order valence-corrected chi connectivity index (χ2v) is 3.76. The highest BCUT2D eigenvalue weighted by Gasteiger charge is 2.09. The second kappa shape index (κ2) is 5.00. The van der Waals surface area contributed by atoms with Crippen LogP contribution in [-0.2, 0) is 7.05 Å². The molecular formula is C9H14ClN3O. The first kappa shape index (κ1) is 11.0. The van der Waals surface area contributed by atoms with Crippen LogP contribution >= 0.6 is 11.6 Å². The fraction of sp³-hybridized carbons (Fsp3) is 0.556. The van der Waals surface area contributed by atoms with Gasteiger partial charge in [-0.2, -0.15) is 0 Å². The number of carbonyl (C=O) groups is 1. The van der Waals surface area contributed by atoms with Gasteiger partial charge in [-0.05, 0) is 6.42 Å². The summed E-state index contributed by atoms with van der Waals surface area (Å²) in [5, 5.41) is 2.70. The number of amides is 1. The number of alkyl halides is 1. The Hall–Kier alpha value is -1.03. The first-order chi connectivity index (χ1) is 6.63. The quantitative estimate of drug-likeness (QED) is 0.767. The molecule has 5 heteroatoms. The minimum atomic E-state index is -0.176. The molecule has 1 heterocycles. The number of nitrogens with one attached hydrogen (secondary N) is 1. The van der Waals surface area contributed by atoms with Gasteiger partial charge in [-0.1, -0.05) is 6.92 Å². The van der Waals surface area contributed by atoms with E-state index in [1.165, 1.54) is 0 Å². The number of nitrogens with zero attached hydrogens (tertiary/aromatic N) is 2. The Kier molecular flexibility index (Phi) is 3.95. The fourth-order valence-electron chi connectivity index (χ4n) is 0.968. The van der Waals surface area contributed by atoms with Crippen molar-refractivity contribution in [3.63, 3.8) is 0 Å². The molecule has 14 heavy (non-hydrogen) atoms. The molecule has 1 rings (SSSR count). The van der Waals surface area contributed by atoms with Crippen LogP contribution in [0.25, 0.3) is 0 Å². The number of carbonyl (C=O) groups excluding carboxylic acids is 1. The van der Waals surface area contributed by atoms with Crippen LogP contribution in [0.2, 0.25) is 0 Å². The van der Waals surface area contributed by atoms with E-state index in [9.17, 15) is 4.79 Å². The van der Waals surface area contributed by atoms with E-state index in [2.05, 4.69) is 10.3 Å². The predicted octanol–water partition coefficient (Wildman–Crippen LogP) is 1.17. The Morgan fingerprint density at radius 2 is 2.50 bits per heavy atom. The minimum Gasteiger partial charge on any atom is -0.349 e. The summed E-state index contributed by atoms with van der Waals surface area (Å²) >= 11 is 5.86. The van der Waals surface area contributed by atoms with Crippen molar-refractivity contribution in [2.24, 2.45) is 7.05 Å². The summed E-state index contributed by atoms with van der Waals surface area (Å²) in [4.78, 5) is 15.4. The molecule has 1 atom stereocenters. The van der Waals surface area contributed by atoms with E-state index in [1.807, 2.05) is 14.0 Å². The van der Waals surface area contributed by atoms with Crippen LogP contribution in [-0.4, -0.2) is 27.4 Å². The van der Waals surface area contributed by atoms with E-state index in [1.54, 1.807) is 17.1 Å². The molecule has 1 aromatic rings. The molecule has 1 amide bonds. The SMILES string of the molecule is CCC(Cl)CNC(=O)c1cn(C)cn1. The Morgan fingerprint density at radius 3 is 3.00 bits per heavy atom. The lowest BCUT2D eigenvalue weighted by Crippen LogP contribution is -2.29. The van der Waals surface area contributed by atoms with Gasteiger partial charge in [0.25, 0.3) is 5.91 Å². The number of aryl methyl sites for hydroxylation is 1. The van der Waals surface area contributed by atoms with Crippen molar-refractivity contribution in [3.05, 3.63) is 18.2 Å². The van der Waals surface area contributed by atoms with Gasteiger partial charge in [0.05, 0.1) is 11.7 Å². The lowest BCUT2D eigenvalue weighted by atomic mass is 10.3. The van der Waals surface area contributed by atoms with Crippen molar-refractivity contribution in [2.45, 2.75) is 18.7 Å². The molecule has 1 N–H and O–H groups in total. The monoisotopic (exact) mass is 215 g/mol. The fourth-order valence-corrected chi connectivity index (χ4v) is 1.05. The average molecular weight is 216 g/mol. The zero-order chi connectivity index (χ0) is 10.6. The van der Waals surface area contributed by atoms with Crippen LogP contribution in [0.3, 0.4) is 0 Å². The molecule has 1 unspecified atom stereocenters. The van der Waals surface area contributed by atoms with E-state index in [0.29, 0.717) is 12.2 Å². The number of hydrogen-bond acceptors (Lipinski definition) is 2. The number of hydrogen-bond donors (Lipinski definition) is 1. The van der Waals surface area contributed by atoms with Crippen molar-refractivity contribution in [3.8, 4) is 0 Å². The van der Waals surface area contributed by atoms with E-state index < -0.39 is 0 Å². The van der Waals surface area contributed by atoms with Gasteiger partial charge >= 0.3 is 0 Å². The molecule has 0 saturated heterocycles. The smallest absolute Gasteiger partial charge is 0.271 e. The summed E-state index contributed by atoms with van der Waals surface area (Å²) in [6, 6.07) is 0. The van der Waals surface area contributed by atoms with E-state index in [-0.39, 0.29) is 11.3 Å². The van der Waals surface area contributed by atoms with E-state index in [0.717, 1.165) is 6.42 Å². The zero-order valence-electron chi connectivity index (χ0n) is 8.33. The molecule has 0 bridgehead atoms. The largest absolute Gasteiger partial charge is 0.349 e. The maximum absolute atomic E-state index is 11.4. The van der Waals surface area contributed by atoms with E-state index >= 15 is 0 Å². The molecule has 0 aliphatic carbocycles. The topological polar surface area (TPSA) is 46.9 Å². The lowest BCUT2D eigenvalue weighted by Gasteiger charge is -2.06. The van der Waals surface area contributed by atoms with Crippen molar-refractivity contribution >= 4 is 17.5 Å². The first-order valence-electron chi connectivity index (χ1n) is 4.53. The van der Waals surface area contributed by atoms with Gasteiger partial charge in [0.15, 0.2) is 0 Å². The highest BCUT2D eigenvalue weighted by molar-refractivity contribution is 6.20. The Morgan fingerprint density at radius 1 is 1.79 bits per heavy atom. The molecule has 0 spiro atoms. The lowest BCUT2D eigenvalue weighted by molar-refractivity contribution is 0.0949. The molecule has 0 aliphatic rings. The van der Waals surface area contributed by atoms with Crippen LogP contribution < -0.4 is 5.32 Å². The standard InChI is InChI=1S/C9H14ClN3O/c1-3-7(10)4-11-9(14)8-5-13(2)6-12-8/h5-7H,3-4H2,1-2H3,(H,11,14). The summed E-state index contributed by atoms with van der Waals surface area (Å²) in [5.74, 6) is -0.176. The average Bonchev–Trinajstić information content (AvgIpc) is 2.60. The molecule has 4 nitrogen and oxygen atoms in total. The number of imidazole rings is 1. The summed E-state index contributed by atoms with van der Waals surface area (Å²) < 4.78 is 1.73. The van der Waals surface area contributed by atoms with Crippen LogP contribution in [0.15, 0.2) is 12.5 Å². The number of halogens is 1. The van der Waals surface area contributed by atoms with Gasteiger partial charge in [-0.25, -0.2) is 4.98 Å². The van der Waals surface area contributed by atoms with Gasteiger partial charge in [-0.15, -0.1) is 11.6 Å². The van der Waals surface area contributed by atoms with Crippen LogP contribution in [0.5, 0.6) is 0 Å². The number of aromatic nitrogens is 2. The maximum atomic E-state index is 11.4. The minimum absolute atomic E-state index is 0.0114. The van der Waals surface area contributed by atoms with Gasteiger partial charge < -0.3 is 9.88 Å². The highest BCUT2D eigenvalue weighted by Crippen LogP contribution is 1.99. The van der Waals surface area contributed by atoms with Gasteiger partial charge in [0.2, 0.25) is 0 Å². The molecular weight excluding hydrogens is 202 g/mol. The molecule has 0 aromatic carbocycles. The van der Waals surface area contributed by atoms with Crippen LogP contribution in [0.4, 0.5) is 0 Å². The summed E-state index contributed by atoms with van der Waals surface area (Å²) in [6.45, 7) is 2.46. The maximum Gasteiger partial charge on any atom is 0.271 e. The van der Waals surface area contributed by atoms with Crippen LogP contribution in [0, 0.1) is 0 Å². The van der Waals surface area contributed by atoms with Crippen molar-refractivity contribution < 1.29 is 4.79 Å². The molecule has 1 aromatic heterocycles. The van der Waals surface area contributed by atoms with Crippen LogP contribution in [0.1, 0.15) is 23.8 Å². The van der Waals surface area contributed by atoms with Crippen molar-refractivity contribution in [1.82, 2.24) is 14.9 Å². The van der Waals surface area contributed by atoms with Gasteiger partial charge in [0, 0.05) is 19.8 Å². The van der Waals surface area contributed by atoms with Crippen molar-refractivity contribution in [2.75, 3.05) is 6.54 Å². The molecule has 0 fully saturated rings. The molecule has 0 aliphatic heterocycles. The predicted molar refractivity (Wildman–Crippen MR) is 55.5 cm³/mol. The van der Waals surface area contributed by atoms with Crippen molar-refractivity contribution in [1.29, 1.82) is 0 Å². The Bertz CT molecular complexity index is 311. The molecule has 0 radical (unpaired) electrons. The zero-order valence-corrected chi connectivity index (χ0v) is 9.08. The molecule has 0 saturated carbocycles. The Balaban J connectivity index is 2.43. The summed E-state index contributed by atoms with van der Waals surface area (Å²) in [6.07, 6.45) is 4.10. The summed E-state index contributed by atoms with van der Waals surface area (Å²) in [5.41, 5.74) is 0.424. The Labute approximate surface area is 88.3 Å². The third-order valence-electron chi connectivity index (χ3n) is 1.86. The first-order valence-corrected chi connectivity index (χ1v) is 4.97. The molecule has 78 valence electrons. The third-order valence-corrected chi connectivity index (χ3v) is 2.33. The normalized spacial score (nSPS) is 12.5. The van der Waals surface area contributed by atoms with E-state index in [4.69, 9.17) is 11.6 Å².